The van der Waals surface area contributed by atoms with Gasteiger partial charge in [0, 0.05) is 30.0 Å². The average molecular weight is 401 g/mol. The van der Waals surface area contributed by atoms with Crippen LogP contribution in [-0.2, 0) is 0 Å². The van der Waals surface area contributed by atoms with Crippen molar-refractivity contribution in [1.29, 1.82) is 0 Å². The molecule has 3 aromatic rings. The summed E-state index contributed by atoms with van der Waals surface area (Å²) in [7, 11) is 0. The number of hydrogen-bond donors (Lipinski definition) is 3. The largest absolute Gasteiger partial charge is 0.357 e. The maximum Gasteiger partial charge on any atom is 0.323 e. The number of urea groups is 1. The van der Waals surface area contributed by atoms with Crippen molar-refractivity contribution in [2.75, 3.05) is 33.9 Å². The van der Waals surface area contributed by atoms with E-state index in [0.717, 1.165) is 18.9 Å². The summed E-state index contributed by atoms with van der Waals surface area (Å²) < 4.78 is 0. The number of nitrogens with one attached hydrogen (secondary N) is 3. The van der Waals surface area contributed by atoms with Crippen molar-refractivity contribution in [2.24, 2.45) is 0 Å². The highest BCUT2D eigenvalue weighted by molar-refractivity contribution is 6.05. The molecule has 2 heterocycles. The summed E-state index contributed by atoms with van der Waals surface area (Å²) in [4.78, 5) is 31.2. The molecule has 152 valence electrons. The monoisotopic (exact) mass is 401 g/mol. The molecule has 3 amide bonds. The first-order chi connectivity index (χ1) is 14.7. The zero-order chi connectivity index (χ0) is 20.8. The Morgan fingerprint density at radius 2 is 1.37 bits per heavy atom. The number of amides is 3. The van der Waals surface area contributed by atoms with E-state index in [0.29, 0.717) is 22.6 Å². The highest BCUT2D eigenvalue weighted by atomic mass is 16.2. The second kappa shape index (κ2) is 9.09. The molecular weight excluding hydrogens is 378 g/mol. The van der Waals surface area contributed by atoms with E-state index in [9.17, 15) is 9.59 Å². The van der Waals surface area contributed by atoms with Crippen LogP contribution in [0.15, 0.2) is 72.9 Å². The minimum Gasteiger partial charge on any atom is -0.357 e. The minimum atomic E-state index is -0.345. The lowest BCUT2D eigenvalue weighted by Crippen LogP contribution is -2.19. The summed E-state index contributed by atoms with van der Waals surface area (Å²) in [5.74, 6) is 0.709. The topological polar surface area (TPSA) is 86.4 Å². The lowest BCUT2D eigenvalue weighted by Gasteiger charge is -2.16. The number of carbonyl (C=O) groups is 2. The number of nitrogens with zero attached hydrogens (tertiary/aromatic N) is 2. The first-order valence-corrected chi connectivity index (χ1v) is 9.93. The van der Waals surface area contributed by atoms with Crippen molar-refractivity contribution >= 4 is 34.8 Å². The quantitative estimate of drug-likeness (QED) is 0.584. The van der Waals surface area contributed by atoms with Gasteiger partial charge in [0.1, 0.15) is 5.82 Å². The molecule has 0 bridgehead atoms. The number of pyridine rings is 1. The molecular formula is C23H23N5O2. The third-order valence-electron chi connectivity index (χ3n) is 4.87. The summed E-state index contributed by atoms with van der Waals surface area (Å²) in [6.45, 7) is 2.06. The van der Waals surface area contributed by atoms with Gasteiger partial charge in [-0.15, -0.1) is 0 Å². The Labute approximate surface area is 175 Å². The predicted molar refractivity (Wildman–Crippen MR) is 119 cm³/mol. The first-order valence-electron chi connectivity index (χ1n) is 9.93. The zero-order valence-electron chi connectivity index (χ0n) is 16.5. The van der Waals surface area contributed by atoms with E-state index in [-0.39, 0.29) is 11.9 Å². The number of benzene rings is 2. The number of carbonyl (C=O) groups excluding carboxylic acids is 2. The van der Waals surface area contributed by atoms with Gasteiger partial charge in [-0.1, -0.05) is 18.2 Å². The van der Waals surface area contributed by atoms with Crippen LogP contribution in [0.1, 0.15) is 23.2 Å². The van der Waals surface area contributed by atoms with Crippen molar-refractivity contribution in [3.63, 3.8) is 0 Å². The minimum absolute atomic E-state index is 0.231. The standard InChI is InChI=1S/C23H23N5O2/c29-22(25-20-12-13-21(24-16-20)28-14-4-5-15-28)17-8-10-19(11-9-17)27-23(30)26-18-6-2-1-3-7-18/h1-3,6-13,16H,4-5,14-15H2,(H,25,29)(H2,26,27,30). The first kappa shape index (κ1) is 19.4. The van der Waals surface area contributed by atoms with Crippen LogP contribution in [-0.4, -0.2) is 30.0 Å². The fourth-order valence-corrected chi connectivity index (χ4v) is 3.32. The molecule has 1 saturated heterocycles. The zero-order valence-corrected chi connectivity index (χ0v) is 16.5. The van der Waals surface area contributed by atoms with Crippen LogP contribution in [0.25, 0.3) is 0 Å². The Bertz CT molecular complexity index is 998. The van der Waals surface area contributed by atoms with E-state index in [1.165, 1.54) is 12.8 Å². The molecule has 0 spiro atoms. The smallest absolute Gasteiger partial charge is 0.323 e. The number of rotatable bonds is 5. The number of hydrogen-bond acceptors (Lipinski definition) is 4. The maximum atomic E-state index is 12.5. The highest BCUT2D eigenvalue weighted by Crippen LogP contribution is 2.19. The fraction of sp³-hybridized carbons (Fsp3) is 0.174. The molecule has 7 nitrogen and oxygen atoms in total. The van der Waals surface area contributed by atoms with Gasteiger partial charge in [0.05, 0.1) is 11.9 Å². The SMILES string of the molecule is O=C(Nc1ccccc1)Nc1ccc(C(=O)Nc2ccc(N3CCCC3)nc2)cc1. The molecule has 0 saturated carbocycles. The number of anilines is 4. The molecule has 1 fully saturated rings. The van der Waals surface area contributed by atoms with Crippen LogP contribution >= 0.6 is 0 Å². The second-order valence-electron chi connectivity index (χ2n) is 7.08. The summed E-state index contributed by atoms with van der Waals surface area (Å²) in [5, 5.41) is 8.34. The van der Waals surface area contributed by atoms with Gasteiger partial charge in [0.15, 0.2) is 0 Å². The van der Waals surface area contributed by atoms with E-state index in [4.69, 9.17) is 0 Å². The Kier molecular flexibility index (Phi) is 5.89. The molecule has 2 aromatic carbocycles. The van der Waals surface area contributed by atoms with Gasteiger partial charge in [-0.25, -0.2) is 9.78 Å². The van der Waals surface area contributed by atoms with Gasteiger partial charge < -0.3 is 20.9 Å². The molecule has 1 aliphatic rings. The average Bonchev–Trinajstić information content (AvgIpc) is 3.30. The van der Waals surface area contributed by atoms with E-state index in [2.05, 4.69) is 25.8 Å². The summed E-state index contributed by atoms with van der Waals surface area (Å²) in [5.41, 5.74) is 2.44. The summed E-state index contributed by atoms with van der Waals surface area (Å²) in [6, 6.07) is 19.3. The van der Waals surface area contributed by atoms with E-state index >= 15 is 0 Å². The van der Waals surface area contributed by atoms with Crippen molar-refractivity contribution < 1.29 is 9.59 Å². The molecule has 1 aromatic heterocycles. The van der Waals surface area contributed by atoms with Crippen LogP contribution in [0.3, 0.4) is 0 Å². The van der Waals surface area contributed by atoms with Crippen molar-refractivity contribution in [2.45, 2.75) is 12.8 Å². The molecule has 0 unspecified atom stereocenters. The van der Waals surface area contributed by atoms with Gasteiger partial charge in [0.2, 0.25) is 0 Å². The summed E-state index contributed by atoms with van der Waals surface area (Å²) >= 11 is 0. The fourth-order valence-electron chi connectivity index (χ4n) is 3.32. The second-order valence-corrected chi connectivity index (χ2v) is 7.08. The number of aromatic nitrogens is 1. The third kappa shape index (κ3) is 4.94. The van der Waals surface area contributed by atoms with E-state index in [1.54, 1.807) is 42.6 Å². The molecule has 1 aliphatic heterocycles. The lowest BCUT2D eigenvalue weighted by atomic mass is 10.2. The third-order valence-corrected chi connectivity index (χ3v) is 4.87. The Morgan fingerprint density at radius 1 is 0.733 bits per heavy atom. The van der Waals surface area contributed by atoms with Gasteiger partial charge in [0.25, 0.3) is 5.91 Å². The maximum absolute atomic E-state index is 12.5. The van der Waals surface area contributed by atoms with E-state index in [1.807, 2.05) is 30.3 Å². The molecule has 7 heteroatoms. The normalized spacial score (nSPS) is 13.0. The summed E-state index contributed by atoms with van der Waals surface area (Å²) in [6.07, 6.45) is 4.06. The Balaban J connectivity index is 1.32. The van der Waals surface area contributed by atoms with E-state index < -0.39 is 0 Å². The molecule has 3 N–H and O–H groups in total. The molecule has 0 radical (unpaired) electrons. The van der Waals surface area contributed by atoms with Crippen LogP contribution < -0.4 is 20.9 Å². The number of para-hydroxylation sites is 1. The van der Waals surface area contributed by atoms with Gasteiger partial charge in [-0.2, -0.15) is 0 Å². The lowest BCUT2D eigenvalue weighted by molar-refractivity contribution is 0.102. The van der Waals surface area contributed by atoms with Gasteiger partial charge in [-0.05, 0) is 61.4 Å². The van der Waals surface area contributed by atoms with Crippen molar-refractivity contribution in [3.8, 4) is 0 Å². The van der Waals surface area contributed by atoms with Gasteiger partial charge >= 0.3 is 6.03 Å². The van der Waals surface area contributed by atoms with Gasteiger partial charge in [-0.3, -0.25) is 4.79 Å². The molecule has 0 atom stereocenters. The Hall–Kier alpha value is -3.87. The van der Waals surface area contributed by atoms with Crippen LogP contribution in [0.4, 0.5) is 27.7 Å². The van der Waals surface area contributed by atoms with Crippen molar-refractivity contribution in [1.82, 2.24) is 4.98 Å². The molecule has 30 heavy (non-hydrogen) atoms. The molecule has 4 rings (SSSR count). The van der Waals surface area contributed by atoms with Crippen LogP contribution in [0.5, 0.6) is 0 Å². The van der Waals surface area contributed by atoms with Crippen LogP contribution in [0.2, 0.25) is 0 Å². The predicted octanol–water partition coefficient (Wildman–Crippen LogP) is 4.58. The van der Waals surface area contributed by atoms with Crippen LogP contribution in [0, 0.1) is 0 Å². The highest BCUT2D eigenvalue weighted by Gasteiger charge is 2.13. The molecule has 0 aliphatic carbocycles. The Morgan fingerprint density at radius 3 is 2.00 bits per heavy atom. The van der Waals surface area contributed by atoms with Crippen molar-refractivity contribution in [3.05, 3.63) is 78.5 Å².